The van der Waals surface area contributed by atoms with Gasteiger partial charge in [-0.3, -0.25) is 0 Å². The Balaban J connectivity index is 0.00000420. The number of nitrogens with zero attached hydrogens (tertiary/aromatic N) is 1. The molecule has 0 N–H and O–H groups in total. The zero-order valence-electron chi connectivity index (χ0n) is 17.6. The van der Waals surface area contributed by atoms with Gasteiger partial charge in [0.25, 0.3) is 0 Å². The third-order valence-corrected chi connectivity index (χ3v) is 7.31. The number of thiophene rings is 1. The largest absolute Gasteiger partial charge is 0.485 e. The molecule has 29 heavy (non-hydrogen) atoms. The highest BCUT2D eigenvalue weighted by molar-refractivity contribution is 7.59. The second-order valence-corrected chi connectivity index (χ2v) is 14.9. The summed E-state index contributed by atoms with van der Waals surface area (Å²) in [5, 5.41) is 2.04. The Morgan fingerprint density at radius 3 is 2.45 bits per heavy atom. The zero-order valence-corrected chi connectivity index (χ0v) is 21.2. The van der Waals surface area contributed by atoms with E-state index >= 15 is 0 Å². The smallest absolute Gasteiger partial charge is 0.409 e. The average Bonchev–Trinajstić information content (AvgIpc) is 3.18. The Labute approximate surface area is 191 Å². The third-order valence-electron chi connectivity index (χ3n) is 4.33. The molecule has 1 heterocycles. The molecule has 8 heteroatoms. The van der Waals surface area contributed by atoms with E-state index in [0.717, 1.165) is 22.2 Å². The Bertz CT molecular complexity index is 721. The normalized spacial score (nSPS) is 12.0. The lowest BCUT2D eigenvalue weighted by atomic mass is 10.2. The minimum Gasteiger partial charge on any atom is -0.485 e. The van der Waals surface area contributed by atoms with Crippen LogP contribution < -0.4 is 4.74 Å². The Morgan fingerprint density at radius 2 is 1.90 bits per heavy atom. The number of benzene rings is 1. The van der Waals surface area contributed by atoms with Gasteiger partial charge in [0.1, 0.15) is 11.9 Å². The Morgan fingerprint density at radius 1 is 1.21 bits per heavy atom. The van der Waals surface area contributed by atoms with Crippen LogP contribution in [0.1, 0.15) is 23.0 Å². The van der Waals surface area contributed by atoms with Crippen LogP contribution in [0.25, 0.3) is 0 Å². The lowest BCUT2D eigenvalue weighted by molar-refractivity contribution is 0.108. The number of hydrogen-bond acceptors (Lipinski definition) is 4. The summed E-state index contributed by atoms with van der Waals surface area (Å²) in [7, 11) is 0.571. The molecule has 1 amide bonds. The van der Waals surface area contributed by atoms with Crippen molar-refractivity contribution in [3.63, 3.8) is 0 Å². The molecule has 2 aromatic rings. The number of ether oxygens (including phenoxy) is 2. The Kier molecular flexibility index (Phi) is 11.2. The van der Waals surface area contributed by atoms with Crippen LogP contribution in [0.15, 0.2) is 41.8 Å². The summed E-state index contributed by atoms with van der Waals surface area (Å²) in [5.41, 5.74) is 1.06. The summed E-state index contributed by atoms with van der Waals surface area (Å²) in [5.74, 6) is 1.28. The van der Waals surface area contributed by atoms with E-state index in [1.807, 2.05) is 35.7 Å². The van der Waals surface area contributed by atoms with Crippen molar-refractivity contribution >= 4 is 50.6 Å². The molecule has 0 unspecified atom stereocenters. The maximum absolute atomic E-state index is 12.2. The van der Waals surface area contributed by atoms with Gasteiger partial charge in [-0.1, -0.05) is 37.8 Å². The number of hydrogen-bond donors (Lipinski definition) is 0. The van der Waals surface area contributed by atoms with E-state index in [0.29, 0.717) is 25.5 Å². The first kappa shape index (κ1) is 25.9. The molecule has 0 saturated heterocycles. The van der Waals surface area contributed by atoms with Crippen LogP contribution in [-0.2, 0) is 10.6 Å². The van der Waals surface area contributed by atoms with E-state index in [9.17, 15) is 4.79 Å². The molecule has 0 aliphatic rings. The molecule has 1 aromatic heterocycles. The van der Waals surface area contributed by atoms with Gasteiger partial charge in [0.2, 0.25) is 0 Å². The minimum atomic E-state index is -1.20. The van der Waals surface area contributed by atoms with Crippen LogP contribution in [0.2, 0.25) is 25.7 Å². The number of halogens is 1. The fourth-order valence-electron chi connectivity index (χ4n) is 2.51. The van der Waals surface area contributed by atoms with E-state index in [1.165, 1.54) is 0 Å². The van der Waals surface area contributed by atoms with Gasteiger partial charge < -0.3 is 14.4 Å². The van der Waals surface area contributed by atoms with Gasteiger partial charge in [0, 0.05) is 38.8 Å². The van der Waals surface area contributed by atoms with Crippen molar-refractivity contribution in [1.82, 2.24) is 4.90 Å². The standard InChI is InChI=1S/C21H30ClNO3SSi.H2S/c1-23(21(24)25-13-15-28(2,3)4)12-11-19(20-6-5-14-27-20)26-18-9-7-17(16-22)8-10-18;/h5-10,14,19H,11-13,15-16H2,1-4H3;1H2/t19-;/m0./s1. The van der Waals surface area contributed by atoms with Gasteiger partial charge in [-0.2, -0.15) is 13.5 Å². The molecule has 1 atom stereocenters. The summed E-state index contributed by atoms with van der Waals surface area (Å²) in [6.45, 7) is 7.87. The first-order valence-electron chi connectivity index (χ1n) is 9.51. The third kappa shape index (κ3) is 9.46. The van der Waals surface area contributed by atoms with Gasteiger partial charge >= 0.3 is 6.09 Å². The maximum atomic E-state index is 12.2. The number of rotatable bonds is 10. The van der Waals surface area contributed by atoms with Crippen molar-refractivity contribution in [2.45, 2.75) is 44.1 Å². The van der Waals surface area contributed by atoms with Crippen LogP contribution in [0.3, 0.4) is 0 Å². The van der Waals surface area contributed by atoms with Gasteiger partial charge in [-0.25, -0.2) is 4.79 Å². The number of alkyl halides is 1. The van der Waals surface area contributed by atoms with Crippen molar-refractivity contribution < 1.29 is 14.3 Å². The highest BCUT2D eigenvalue weighted by atomic mass is 35.5. The van der Waals surface area contributed by atoms with Crippen molar-refractivity contribution in [3.05, 3.63) is 52.2 Å². The molecular weight excluding hydrogens is 442 g/mol. The van der Waals surface area contributed by atoms with Crippen molar-refractivity contribution in [2.75, 3.05) is 20.2 Å². The lowest BCUT2D eigenvalue weighted by Gasteiger charge is -2.23. The molecule has 4 nitrogen and oxygen atoms in total. The van der Waals surface area contributed by atoms with Crippen molar-refractivity contribution in [3.8, 4) is 5.75 Å². The summed E-state index contributed by atoms with van der Waals surface area (Å²) < 4.78 is 11.6. The molecule has 162 valence electrons. The van der Waals surface area contributed by atoms with Gasteiger partial charge in [-0.05, 0) is 35.2 Å². The minimum absolute atomic E-state index is 0. The number of carbonyl (C=O) groups excluding carboxylic acids is 1. The van der Waals surface area contributed by atoms with Crippen LogP contribution in [0, 0.1) is 0 Å². The van der Waals surface area contributed by atoms with Gasteiger partial charge in [-0.15, -0.1) is 22.9 Å². The van der Waals surface area contributed by atoms with Gasteiger partial charge in [0.15, 0.2) is 0 Å². The fourth-order valence-corrected chi connectivity index (χ4v) is 4.19. The number of carbonyl (C=O) groups is 1. The topological polar surface area (TPSA) is 38.8 Å². The number of amides is 1. The monoisotopic (exact) mass is 473 g/mol. The fraction of sp³-hybridized carbons (Fsp3) is 0.476. The van der Waals surface area contributed by atoms with Crippen molar-refractivity contribution in [2.24, 2.45) is 0 Å². The van der Waals surface area contributed by atoms with Crippen LogP contribution >= 0.6 is 36.4 Å². The van der Waals surface area contributed by atoms with Gasteiger partial charge in [0.05, 0.1) is 6.61 Å². The summed E-state index contributed by atoms with van der Waals surface area (Å²) in [6, 6.07) is 12.9. The molecule has 0 bridgehead atoms. The average molecular weight is 474 g/mol. The Hall–Kier alpha value is -1.15. The molecule has 0 radical (unpaired) electrons. The van der Waals surface area contributed by atoms with E-state index in [2.05, 4.69) is 25.7 Å². The SMILES string of the molecule is CN(CC[C@H](Oc1ccc(CCl)cc1)c1cccs1)C(=O)OCC[Si](C)(C)C.S. The maximum Gasteiger partial charge on any atom is 0.409 e. The molecule has 0 saturated carbocycles. The lowest BCUT2D eigenvalue weighted by Crippen LogP contribution is -2.31. The second kappa shape index (κ2) is 12.5. The first-order valence-corrected chi connectivity index (χ1v) is 14.6. The van der Waals surface area contributed by atoms with Crippen LogP contribution in [0.4, 0.5) is 4.79 Å². The highest BCUT2D eigenvalue weighted by Gasteiger charge is 2.19. The van der Waals surface area contributed by atoms with E-state index in [4.69, 9.17) is 21.1 Å². The zero-order chi connectivity index (χ0) is 20.6. The molecule has 1 aromatic carbocycles. The summed E-state index contributed by atoms with van der Waals surface area (Å²) in [4.78, 5) is 15.0. The first-order chi connectivity index (χ1) is 13.3. The molecule has 0 fully saturated rings. The molecule has 0 spiro atoms. The second-order valence-electron chi connectivity index (χ2n) is 8.03. The quantitative estimate of drug-likeness (QED) is 0.291. The van der Waals surface area contributed by atoms with E-state index < -0.39 is 8.07 Å². The van der Waals surface area contributed by atoms with Crippen LogP contribution in [-0.4, -0.2) is 39.3 Å². The van der Waals surface area contributed by atoms with Crippen molar-refractivity contribution in [1.29, 1.82) is 0 Å². The molecular formula is C21H32ClNO3S2Si. The molecule has 2 rings (SSSR count). The predicted octanol–water partition coefficient (Wildman–Crippen LogP) is 6.52. The predicted molar refractivity (Wildman–Crippen MR) is 131 cm³/mol. The molecule has 0 aliphatic carbocycles. The summed E-state index contributed by atoms with van der Waals surface area (Å²) in [6.07, 6.45) is 0.311. The summed E-state index contributed by atoms with van der Waals surface area (Å²) >= 11 is 7.51. The van der Waals surface area contributed by atoms with Crippen LogP contribution in [0.5, 0.6) is 5.75 Å². The van der Waals surface area contributed by atoms with E-state index in [1.54, 1.807) is 23.3 Å². The highest BCUT2D eigenvalue weighted by Crippen LogP contribution is 2.28. The molecule has 0 aliphatic heterocycles. The van der Waals surface area contributed by atoms with E-state index in [-0.39, 0.29) is 25.7 Å².